The number of carboxylic acid groups (broad SMARTS) is 1. The van der Waals surface area contributed by atoms with Crippen LogP contribution in [-0.4, -0.2) is 34.5 Å². The lowest BCUT2D eigenvalue weighted by molar-refractivity contribution is -0.145. The van der Waals surface area contributed by atoms with E-state index >= 15 is 0 Å². The molecule has 0 aromatic carbocycles. The van der Waals surface area contributed by atoms with Crippen molar-refractivity contribution in [3.8, 4) is 0 Å². The van der Waals surface area contributed by atoms with Crippen LogP contribution in [0.4, 0.5) is 0 Å². The molecular weight excluding hydrogens is 250 g/mol. The van der Waals surface area contributed by atoms with Gasteiger partial charge in [-0.25, -0.2) is 0 Å². The van der Waals surface area contributed by atoms with Crippen LogP contribution in [-0.2, 0) is 16.0 Å². The minimum absolute atomic E-state index is 0.0632. The van der Waals surface area contributed by atoms with Crippen molar-refractivity contribution < 1.29 is 14.7 Å². The number of hydrogen-bond donors (Lipinski definition) is 1. The van der Waals surface area contributed by atoms with Crippen LogP contribution in [0.3, 0.4) is 0 Å². The summed E-state index contributed by atoms with van der Waals surface area (Å²) < 4.78 is 0. The normalized spacial score (nSPS) is 15.8. The van der Waals surface area contributed by atoms with Gasteiger partial charge in [0.15, 0.2) is 0 Å². The summed E-state index contributed by atoms with van der Waals surface area (Å²) in [6, 6.07) is 3.94. The van der Waals surface area contributed by atoms with E-state index < -0.39 is 5.97 Å². The summed E-state index contributed by atoms with van der Waals surface area (Å²) in [5, 5.41) is 10.9. The largest absolute Gasteiger partial charge is 0.480 e. The van der Waals surface area contributed by atoms with Crippen molar-refractivity contribution in [2.24, 2.45) is 0 Å². The van der Waals surface area contributed by atoms with Crippen LogP contribution in [0.2, 0.25) is 0 Å². The van der Waals surface area contributed by atoms with E-state index in [1.807, 2.05) is 17.5 Å². The van der Waals surface area contributed by atoms with Crippen LogP contribution in [0, 0.1) is 0 Å². The van der Waals surface area contributed by atoms with Crippen molar-refractivity contribution in [3.05, 3.63) is 22.4 Å². The summed E-state index contributed by atoms with van der Waals surface area (Å²) in [5.74, 6) is -0.992. The number of aliphatic carboxylic acids is 1. The quantitative estimate of drug-likeness (QED) is 0.889. The van der Waals surface area contributed by atoms with E-state index in [9.17, 15) is 9.59 Å². The van der Waals surface area contributed by atoms with E-state index in [1.165, 1.54) is 11.3 Å². The molecule has 0 atom stereocenters. The predicted octanol–water partition coefficient (Wildman–Crippen LogP) is 2.15. The smallest absolute Gasteiger partial charge is 0.323 e. The summed E-state index contributed by atoms with van der Waals surface area (Å²) in [6.45, 7) is -0.172. The maximum absolute atomic E-state index is 12.2. The first-order valence-electron chi connectivity index (χ1n) is 6.20. The summed E-state index contributed by atoms with van der Waals surface area (Å²) in [7, 11) is 0. The predicted molar refractivity (Wildman–Crippen MR) is 69.6 cm³/mol. The molecule has 1 heterocycles. The molecule has 0 bridgehead atoms. The van der Waals surface area contributed by atoms with Gasteiger partial charge < -0.3 is 10.0 Å². The second kappa shape index (κ2) is 6.00. The first kappa shape index (κ1) is 13.1. The molecule has 0 radical (unpaired) electrons. The lowest BCUT2D eigenvalue weighted by Crippen LogP contribution is -2.42. The van der Waals surface area contributed by atoms with Gasteiger partial charge in [-0.2, -0.15) is 0 Å². The zero-order valence-electron chi connectivity index (χ0n) is 10.2. The molecule has 1 fully saturated rings. The summed E-state index contributed by atoms with van der Waals surface area (Å²) >= 11 is 1.54. The third-order valence-electron chi connectivity index (χ3n) is 3.30. The Morgan fingerprint density at radius 2 is 2.11 bits per heavy atom. The Morgan fingerprint density at radius 3 is 2.67 bits per heavy atom. The Labute approximate surface area is 110 Å². The number of carboxylic acids is 1. The van der Waals surface area contributed by atoms with Crippen LogP contribution in [0.5, 0.6) is 0 Å². The van der Waals surface area contributed by atoms with Gasteiger partial charge in [0.05, 0.1) is 6.42 Å². The van der Waals surface area contributed by atoms with Crippen molar-refractivity contribution in [1.82, 2.24) is 4.90 Å². The number of thiophene rings is 1. The van der Waals surface area contributed by atoms with Crippen molar-refractivity contribution in [3.63, 3.8) is 0 Å². The van der Waals surface area contributed by atoms with Gasteiger partial charge >= 0.3 is 5.97 Å². The van der Waals surface area contributed by atoms with Crippen LogP contribution in [0.15, 0.2) is 17.5 Å². The van der Waals surface area contributed by atoms with E-state index in [-0.39, 0.29) is 18.5 Å². The van der Waals surface area contributed by atoms with Crippen LogP contribution < -0.4 is 0 Å². The van der Waals surface area contributed by atoms with Gasteiger partial charge in [0.1, 0.15) is 6.54 Å². The summed E-state index contributed by atoms with van der Waals surface area (Å²) in [6.07, 6.45) is 4.37. The third kappa shape index (κ3) is 3.32. The maximum Gasteiger partial charge on any atom is 0.323 e. The highest BCUT2D eigenvalue weighted by molar-refractivity contribution is 7.10. The molecule has 98 valence electrons. The molecule has 0 unspecified atom stereocenters. The molecule has 1 amide bonds. The number of amides is 1. The van der Waals surface area contributed by atoms with Crippen LogP contribution >= 0.6 is 11.3 Å². The minimum atomic E-state index is -0.929. The molecule has 0 spiro atoms. The number of carbonyl (C=O) groups excluding carboxylic acids is 1. The van der Waals surface area contributed by atoms with Gasteiger partial charge in [0, 0.05) is 10.9 Å². The van der Waals surface area contributed by atoms with Crippen LogP contribution in [0.25, 0.3) is 0 Å². The fourth-order valence-corrected chi connectivity index (χ4v) is 3.14. The fraction of sp³-hybridized carbons (Fsp3) is 0.538. The standard InChI is InChI=1S/C13H17NO3S/c15-12(8-11-6-3-7-18-11)14(9-13(16)17)10-4-1-2-5-10/h3,6-7,10H,1-2,4-5,8-9H2,(H,16,17). The molecule has 2 rings (SSSR count). The number of rotatable bonds is 5. The van der Waals surface area contributed by atoms with Crippen molar-refractivity contribution >= 4 is 23.2 Å². The van der Waals surface area contributed by atoms with Gasteiger partial charge in [-0.15, -0.1) is 11.3 Å². The molecule has 1 N–H and O–H groups in total. The molecule has 0 saturated heterocycles. The highest BCUT2D eigenvalue weighted by Crippen LogP contribution is 2.24. The van der Waals surface area contributed by atoms with Crippen molar-refractivity contribution in [1.29, 1.82) is 0 Å². The highest BCUT2D eigenvalue weighted by atomic mass is 32.1. The minimum Gasteiger partial charge on any atom is -0.480 e. The zero-order valence-corrected chi connectivity index (χ0v) is 11.0. The number of hydrogen-bond acceptors (Lipinski definition) is 3. The molecular formula is C13H17NO3S. The lowest BCUT2D eigenvalue weighted by atomic mass is 10.2. The van der Waals surface area contributed by atoms with Gasteiger partial charge in [-0.1, -0.05) is 18.9 Å². The molecule has 1 aromatic rings. The first-order chi connectivity index (χ1) is 8.66. The Hall–Kier alpha value is -1.36. The monoisotopic (exact) mass is 267 g/mol. The fourth-order valence-electron chi connectivity index (χ4n) is 2.45. The number of nitrogens with zero attached hydrogens (tertiary/aromatic N) is 1. The second-order valence-electron chi connectivity index (χ2n) is 4.61. The average molecular weight is 267 g/mol. The van der Waals surface area contributed by atoms with Crippen molar-refractivity contribution in [2.75, 3.05) is 6.54 Å². The highest BCUT2D eigenvalue weighted by Gasteiger charge is 2.28. The Kier molecular flexibility index (Phi) is 4.36. The molecule has 18 heavy (non-hydrogen) atoms. The van der Waals surface area contributed by atoms with Crippen LogP contribution in [0.1, 0.15) is 30.6 Å². The van der Waals surface area contributed by atoms with Gasteiger partial charge in [0.25, 0.3) is 0 Å². The maximum atomic E-state index is 12.2. The molecule has 1 aliphatic carbocycles. The van der Waals surface area contributed by atoms with E-state index in [1.54, 1.807) is 4.90 Å². The lowest BCUT2D eigenvalue weighted by Gasteiger charge is -2.27. The third-order valence-corrected chi connectivity index (χ3v) is 4.17. The SMILES string of the molecule is O=C(O)CN(C(=O)Cc1cccs1)C1CCCC1. The molecule has 1 saturated carbocycles. The Bertz CT molecular complexity index is 410. The van der Waals surface area contributed by atoms with E-state index in [4.69, 9.17) is 5.11 Å². The van der Waals surface area contributed by atoms with Gasteiger partial charge in [-0.05, 0) is 24.3 Å². The topological polar surface area (TPSA) is 57.6 Å². The van der Waals surface area contributed by atoms with E-state index in [0.29, 0.717) is 6.42 Å². The molecule has 4 nitrogen and oxygen atoms in total. The molecule has 5 heteroatoms. The molecule has 1 aliphatic rings. The molecule has 0 aliphatic heterocycles. The van der Waals surface area contributed by atoms with Crippen molar-refractivity contribution in [2.45, 2.75) is 38.1 Å². The molecule has 1 aromatic heterocycles. The van der Waals surface area contributed by atoms with E-state index in [0.717, 1.165) is 30.6 Å². The van der Waals surface area contributed by atoms with E-state index in [2.05, 4.69) is 0 Å². The Morgan fingerprint density at radius 1 is 1.39 bits per heavy atom. The average Bonchev–Trinajstić information content (AvgIpc) is 2.97. The summed E-state index contributed by atoms with van der Waals surface area (Å²) in [5.41, 5.74) is 0. The Balaban J connectivity index is 2.02. The zero-order chi connectivity index (χ0) is 13.0. The number of carbonyl (C=O) groups is 2. The van der Waals surface area contributed by atoms with Gasteiger partial charge in [0.2, 0.25) is 5.91 Å². The van der Waals surface area contributed by atoms with Gasteiger partial charge in [-0.3, -0.25) is 9.59 Å². The second-order valence-corrected chi connectivity index (χ2v) is 5.64. The summed E-state index contributed by atoms with van der Waals surface area (Å²) in [4.78, 5) is 25.6. The first-order valence-corrected chi connectivity index (χ1v) is 7.08.